The largest absolute Gasteiger partial charge is 0.465 e. The van der Waals surface area contributed by atoms with E-state index in [1.54, 1.807) is 30.1 Å². The number of carbonyl (C=O) groups is 1. The zero-order valence-electron chi connectivity index (χ0n) is 12.3. The van der Waals surface area contributed by atoms with Crippen LogP contribution in [0.5, 0.6) is 0 Å². The van der Waals surface area contributed by atoms with Crippen LogP contribution in [-0.4, -0.2) is 37.3 Å². The van der Waals surface area contributed by atoms with Gasteiger partial charge >= 0.3 is 5.97 Å². The molecule has 0 saturated carbocycles. The molecular formula is C14H17N3O4S. The lowest BCUT2D eigenvalue weighted by molar-refractivity contribution is 0.0600. The highest BCUT2D eigenvalue weighted by atomic mass is 32.2. The van der Waals surface area contributed by atoms with Gasteiger partial charge in [0.05, 0.1) is 24.1 Å². The Kier molecular flexibility index (Phi) is 4.94. The molecule has 1 atom stereocenters. The van der Waals surface area contributed by atoms with Crippen molar-refractivity contribution < 1.29 is 17.9 Å². The van der Waals surface area contributed by atoms with Gasteiger partial charge in [0.25, 0.3) is 0 Å². The molecule has 0 unspecified atom stereocenters. The fraction of sp³-hybridized carbons (Fsp3) is 0.286. The van der Waals surface area contributed by atoms with Crippen LogP contribution >= 0.6 is 0 Å². The van der Waals surface area contributed by atoms with Crippen LogP contribution in [0.2, 0.25) is 0 Å². The number of methoxy groups -OCH3 is 1. The Hall–Kier alpha value is -2.19. The smallest absolute Gasteiger partial charge is 0.337 e. The van der Waals surface area contributed by atoms with E-state index < -0.39 is 16.0 Å². The summed E-state index contributed by atoms with van der Waals surface area (Å²) in [5, 5.41) is 4.03. The summed E-state index contributed by atoms with van der Waals surface area (Å²) in [6, 6.07) is 7.01. The second-order valence-electron chi connectivity index (χ2n) is 4.77. The number of carbonyl (C=O) groups excluding carboxylic acids is 1. The van der Waals surface area contributed by atoms with Crippen molar-refractivity contribution in [3.8, 4) is 0 Å². The highest BCUT2D eigenvalue weighted by molar-refractivity contribution is 7.89. The number of benzene rings is 1. The van der Waals surface area contributed by atoms with Gasteiger partial charge in [-0.3, -0.25) is 4.68 Å². The molecule has 0 spiro atoms. The predicted octanol–water partition coefficient (Wildman–Crippen LogP) is 1.04. The van der Waals surface area contributed by atoms with E-state index in [9.17, 15) is 13.2 Å². The minimum atomic E-state index is -3.66. The average Bonchev–Trinajstić information content (AvgIpc) is 2.98. The molecule has 0 aliphatic carbocycles. The Morgan fingerprint density at radius 1 is 1.36 bits per heavy atom. The number of ether oxygens (including phenoxy) is 1. The first-order valence-electron chi connectivity index (χ1n) is 6.60. The highest BCUT2D eigenvalue weighted by Gasteiger charge is 2.18. The van der Waals surface area contributed by atoms with Gasteiger partial charge in [-0.2, -0.15) is 5.10 Å². The number of esters is 1. The van der Waals surface area contributed by atoms with Gasteiger partial charge in [0, 0.05) is 18.4 Å². The third-order valence-electron chi connectivity index (χ3n) is 2.96. The molecule has 8 heteroatoms. The molecule has 0 radical (unpaired) electrons. The number of aromatic nitrogens is 2. The molecule has 0 fully saturated rings. The molecule has 0 saturated heterocycles. The van der Waals surface area contributed by atoms with Gasteiger partial charge in [-0.15, -0.1) is 0 Å². The second-order valence-corrected chi connectivity index (χ2v) is 6.48. The van der Waals surface area contributed by atoms with E-state index in [1.807, 2.05) is 0 Å². The van der Waals surface area contributed by atoms with Crippen molar-refractivity contribution in [3.63, 3.8) is 0 Å². The minimum Gasteiger partial charge on any atom is -0.465 e. The maximum Gasteiger partial charge on any atom is 0.337 e. The van der Waals surface area contributed by atoms with Crippen molar-refractivity contribution in [2.24, 2.45) is 0 Å². The van der Waals surface area contributed by atoms with E-state index in [-0.39, 0.29) is 10.9 Å². The summed E-state index contributed by atoms with van der Waals surface area (Å²) in [6.07, 6.45) is 3.39. The van der Waals surface area contributed by atoms with Crippen LogP contribution in [0.25, 0.3) is 0 Å². The fourth-order valence-corrected chi connectivity index (χ4v) is 3.18. The SMILES string of the molecule is COC(=O)c1ccc(S(=O)(=O)N[C@@H](C)Cn2cccn2)cc1. The number of hydrogen-bond donors (Lipinski definition) is 1. The van der Waals surface area contributed by atoms with Gasteiger partial charge in [0.15, 0.2) is 0 Å². The maximum absolute atomic E-state index is 12.3. The molecule has 118 valence electrons. The molecule has 0 aliphatic heterocycles. The van der Waals surface area contributed by atoms with Crippen LogP contribution in [0.4, 0.5) is 0 Å². The number of rotatable bonds is 6. The molecule has 1 N–H and O–H groups in total. The minimum absolute atomic E-state index is 0.0902. The van der Waals surface area contributed by atoms with Crippen molar-refractivity contribution in [3.05, 3.63) is 48.3 Å². The first-order valence-corrected chi connectivity index (χ1v) is 8.09. The lowest BCUT2D eigenvalue weighted by atomic mass is 10.2. The molecule has 1 aromatic heterocycles. The van der Waals surface area contributed by atoms with E-state index in [0.29, 0.717) is 12.1 Å². The van der Waals surface area contributed by atoms with E-state index >= 15 is 0 Å². The van der Waals surface area contributed by atoms with Crippen molar-refractivity contribution in [1.29, 1.82) is 0 Å². The Morgan fingerprint density at radius 2 is 2.05 bits per heavy atom. The lowest BCUT2D eigenvalue weighted by Crippen LogP contribution is -2.35. The van der Waals surface area contributed by atoms with Crippen LogP contribution in [-0.2, 0) is 21.3 Å². The number of hydrogen-bond acceptors (Lipinski definition) is 5. The summed E-state index contributed by atoms with van der Waals surface area (Å²) in [6.45, 7) is 2.18. The zero-order chi connectivity index (χ0) is 16.2. The summed E-state index contributed by atoms with van der Waals surface area (Å²) in [5.74, 6) is -0.510. The summed E-state index contributed by atoms with van der Waals surface area (Å²) in [4.78, 5) is 11.4. The zero-order valence-corrected chi connectivity index (χ0v) is 13.1. The van der Waals surface area contributed by atoms with Crippen LogP contribution in [0.3, 0.4) is 0 Å². The van der Waals surface area contributed by atoms with Gasteiger partial charge < -0.3 is 4.74 Å². The van der Waals surface area contributed by atoms with E-state index in [2.05, 4.69) is 14.6 Å². The van der Waals surface area contributed by atoms with Gasteiger partial charge in [-0.1, -0.05) is 0 Å². The molecule has 1 aromatic carbocycles. The van der Waals surface area contributed by atoms with Crippen molar-refractivity contribution in [2.75, 3.05) is 7.11 Å². The summed E-state index contributed by atoms with van der Waals surface area (Å²) < 4.78 is 33.3. The Balaban J connectivity index is 2.07. The Bertz CT molecular complexity index is 724. The summed E-state index contributed by atoms with van der Waals surface area (Å²) in [5.41, 5.74) is 0.297. The van der Waals surface area contributed by atoms with E-state index in [0.717, 1.165) is 0 Å². The first-order chi connectivity index (χ1) is 10.4. The number of nitrogens with zero attached hydrogens (tertiary/aromatic N) is 2. The number of sulfonamides is 1. The molecule has 0 amide bonds. The van der Waals surface area contributed by atoms with Crippen molar-refractivity contribution >= 4 is 16.0 Å². The standard InChI is InChI=1S/C14H17N3O4S/c1-11(10-17-9-3-8-15-17)16-22(19,20)13-6-4-12(5-7-13)14(18)21-2/h3-9,11,16H,10H2,1-2H3/t11-/m0/s1. The summed E-state index contributed by atoms with van der Waals surface area (Å²) in [7, 11) is -2.39. The monoisotopic (exact) mass is 323 g/mol. The predicted molar refractivity (Wildman–Crippen MR) is 79.8 cm³/mol. The van der Waals surface area contributed by atoms with E-state index in [4.69, 9.17) is 0 Å². The van der Waals surface area contributed by atoms with Gasteiger partial charge in [-0.25, -0.2) is 17.9 Å². The molecule has 0 bridgehead atoms. The molecule has 1 heterocycles. The van der Waals surface area contributed by atoms with Gasteiger partial charge in [-0.05, 0) is 37.3 Å². The third kappa shape index (κ3) is 3.92. The quantitative estimate of drug-likeness (QED) is 0.802. The van der Waals surface area contributed by atoms with E-state index in [1.165, 1.54) is 31.4 Å². The number of nitrogens with one attached hydrogen (secondary N) is 1. The van der Waals surface area contributed by atoms with Crippen LogP contribution in [0.1, 0.15) is 17.3 Å². The lowest BCUT2D eigenvalue weighted by Gasteiger charge is -2.14. The van der Waals surface area contributed by atoms with Gasteiger partial charge in [0.1, 0.15) is 0 Å². The molecule has 2 rings (SSSR count). The fourth-order valence-electron chi connectivity index (χ4n) is 1.95. The van der Waals surface area contributed by atoms with Crippen LogP contribution in [0.15, 0.2) is 47.6 Å². The topological polar surface area (TPSA) is 90.3 Å². The molecular weight excluding hydrogens is 306 g/mol. The third-order valence-corrected chi connectivity index (χ3v) is 4.57. The van der Waals surface area contributed by atoms with Crippen molar-refractivity contribution in [1.82, 2.24) is 14.5 Å². The van der Waals surface area contributed by atoms with Crippen LogP contribution in [0, 0.1) is 0 Å². The Morgan fingerprint density at radius 3 is 2.59 bits per heavy atom. The Labute approximate surface area is 129 Å². The summed E-state index contributed by atoms with van der Waals surface area (Å²) >= 11 is 0. The van der Waals surface area contributed by atoms with Crippen molar-refractivity contribution in [2.45, 2.75) is 24.4 Å². The average molecular weight is 323 g/mol. The highest BCUT2D eigenvalue weighted by Crippen LogP contribution is 2.12. The molecule has 2 aromatic rings. The first kappa shape index (κ1) is 16.2. The molecule has 22 heavy (non-hydrogen) atoms. The normalized spacial score (nSPS) is 12.8. The van der Waals surface area contributed by atoms with Crippen LogP contribution < -0.4 is 4.72 Å². The molecule has 0 aliphatic rings. The second kappa shape index (κ2) is 6.71. The van der Waals surface area contributed by atoms with Gasteiger partial charge in [0.2, 0.25) is 10.0 Å². The molecule has 7 nitrogen and oxygen atoms in total. The maximum atomic E-state index is 12.3.